The molecular weight excluding hydrogens is 361 g/mol. The molecule has 0 bridgehead atoms. The molecule has 1 nitrogen and oxygen atoms in total. The predicted octanol–water partition coefficient (Wildman–Crippen LogP) is 5.70. The molecule has 1 heterocycles. The van der Waals surface area contributed by atoms with Crippen LogP contribution in [0.3, 0.4) is 0 Å². The van der Waals surface area contributed by atoms with Crippen molar-refractivity contribution in [2.75, 3.05) is 6.54 Å². The minimum absolute atomic E-state index is 0.0283. The van der Waals surface area contributed by atoms with Crippen LogP contribution in [0.25, 0.3) is 0 Å². The third kappa shape index (κ3) is 3.61. The van der Waals surface area contributed by atoms with Crippen LogP contribution < -0.4 is 5.32 Å². The van der Waals surface area contributed by atoms with Gasteiger partial charge in [-0.15, -0.1) is 11.3 Å². The molecule has 0 fully saturated rings. The van der Waals surface area contributed by atoms with Gasteiger partial charge in [0.2, 0.25) is 0 Å². The molecule has 0 aliphatic heterocycles. The van der Waals surface area contributed by atoms with Crippen molar-refractivity contribution in [1.29, 1.82) is 0 Å². The van der Waals surface area contributed by atoms with E-state index in [1.807, 2.05) is 19.1 Å². The van der Waals surface area contributed by atoms with Gasteiger partial charge >= 0.3 is 0 Å². The summed E-state index contributed by atoms with van der Waals surface area (Å²) in [7, 11) is 0. The first kappa shape index (κ1) is 16.0. The fourth-order valence-electron chi connectivity index (χ4n) is 2.08. The first-order valence-electron chi connectivity index (χ1n) is 6.47. The molecule has 0 aliphatic carbocycles. The molecular formula is C15H16BrClFNS. The lowest BCUT2D eigenvalue weighted by molar-refractivity contribution is 0.588. The summed E-state index contributed by atoms with van der Waals surface area (Å²) in [4.78, 5) is 1.09. The second-order valence-corrected chi connectivity index (χ2v) is 7.47. The molecule has 0 spiro atoms. The van der Waals surface area contributed by atoms with E-state index in [1.165, 1.54) is 6.07 Å². The highest BCUT2D eigenvalue weighted by atomic mass is 79.9. The monoisotopic (exact) mass is 375 g/mol. The van der Waals surface area contributed by atoms with Crippen molar-refractivity contribution in [2.24, 2.45) is 0 Å². The zero-order valence-electron chi connectivity index (χ0n) is 11.3. The van der Waals surface area contributed by atoms with Crippen LogP contribution in [0, 0.1) is 12.7 Å². The fourth-order valence-corrected chi connectivity index (χ4v) is 3.92. The number of hydrogen-bond donors (Lipinski definition) is 1. The van der Waals surface area contributed by atoms with Crippen LogP contribution >= 0.6 is 38.9 Å². The topological polar surface area (TPSA) is 12.0 Å². The summed E-state index contributed by atoms with van der Waals surface area (Å²) in [5, 5.41) is 4.17. The van der Waals surface area contributed by atoms with Crippen LogP contribution in [-0.2, 0) is 0 Å². The Bertz CT molecular complexity index is 580. The smallest absolute Gasteiger partial charge is 0.123 e. The Morgan fingerprint density at radius 2 is 2.15 bits per heavy atom. The zero-order chi connectivity index (χ0) is 14.7. The number of halogens is 3. The van der Waals surface area contributed by atoms with Crippen molar-refractivity contribution < 1.29 is 4.39 Å². The molecule has 1 aromatic carbocycles. The Kier molecular flexibility index (Phi) is 5.61. The second kappa shape index (κ2) is 7.03. The zero-order valence-corrected chi connectivity index (χ0v) is 14.5. The molecule has 0 saturated heterocycles. The molecule has 1 N–H and O–H groups in total. The summed E-state index contributed by atoms with van der Waals surface area (Å²) in [5.74, 6) is -0.212. The highest BCUT2D eigenvalue weighted by Crippen LogP contribution is 2.38. The van der Waals surface area contributed by atoms with Crippen molar-refractivity contribution in [3.63, 3.8) is 0 Å². The minimum Gasteiger partial charge on any atom is -0.306 e. The van der Waals surface area contributed by atoms with Gasteiger partial charge in [0.15, 0.2) is 0 Å². The number of rotatable bonds is 5. The average Bonchev–Trinajstić information content (AvgIpc) is 2.74. The summed E-state index contributed by atoms with van der Waals surface area (Å²) >= 11 is 11.2. The fraction of sp³-hybridized carbons (Fsp3) is 0.333. The summed E-state index contributed by atoms with van der Waals surface area (Å²) in [6.45, 7) is 4.98. The summed E-state index contributed by atoms with van der Waals surface area (Å²) in [6.07, 6.45) is 1.02. The number of benzene rings is 1. The molecule has 2 rings (SSSR count). The quantitative estimate of drug-likeness (QED) is 0.705. The Morgan fingerprint density at radius 1 is 1.40 bits per heavy atom. The van der Waals surface area contributed by atoms with Gasteiger partial charge in [-0.25, -0.2) is 4.39 Å². The Hall–Kier alpha value is -0.420. The van der Waals surface area contributed by atoms with E-state index in [4.69, 9.17) is 11.6 Å². The van der Waals surface area contributed by atoms with E-state index >= 15 is 0 Å². The lowest BCUT2D eigenvalue weighted by Crippen LogP contribution is -2.23. The lowest BCUT2D eigenvalue weighted by Gasteiger charge is -2.20. The van der Waals surface area contributed by atoms with Crippen molar-refractivity contribution in [2.45, 2.75) is 26.3 Å². The van der Waals surface area contributed by atoms with Crippen LogP contribution in [0.1, 0.15) is 35.4 Å². The van der Waals surface area contributed by atoms with Gasteiger partial charge in [-0.2, -0.15) is 0 Å². The summed E-state index contributed by atoms with van der Waals surface area (Å²) in [6, 6.07) is 6.82. The number of thiophene rings is 1. The predicted molar refractivity (Wildman–Crippen MR) is 88.3 cm³/mol. The van der Waals surface area contributed by atoms with E-state index in [-0.39, 0.29) is 11.9 Å². The number of nitrogens with one attached hydrogen (secondary N) is 1. The molecule has 20 heavy (non-hydrogen) atoms. The molecule has 5 heteroatoms. The normalized spacial score (nSPS) is 12.7. The van der Waals surface area contributed by atoms with E-state index in [2.05, 4.69) is 28.2 Å². The molecule has 0 aliphatic rings. The van der Waals surface area contributed by atoms with Crippen molar-refractivity contribution in [3.05, 3.63) is 54.9 Å². The van der Waals surface area contributed by atoms with Crippen molar-refractivity contribution in [3.8, 4) is 0 Å². The van der Waals surface area contributed by atoms with Crippen LogP contribution in [0.5, 0.6) is 0 Å². The molecule has 108 valence electrons. The van der Waals surface area contributed by atoms with Crippen LogP contribution in [0.15, 0.2) is 28.1 Å². The maximum absolute atomic E-state index is 13.6. The van der Waals surface area contributed by atoms with E-state index in [1.54, 1.807) is 17.4 Å². The van der Waals surface area contributed by atoms with E-state index in [9.17, 15) is 4.39 Å². The van der Waals surface area contributed by atoms with E-state index in [0.29, 0.717) is 5.02 Å². The molecule has 0 saturated carbocycles. The van der Waals surface area contributed by atoms with Crippen LogP contribution in [0.2, 0.25) is 5.02 Å². The second-order valence-electron chi connectivity index (χ2n) is 4.66. The average molecular weight is 377 g/mol. The third-order valence-corrected chi connectivity index (χ3v) is 5.64. The van der Waals surface area contributed by atoms with Crippen molar-refractivity contribution >= 4 is 38.9 Å². The van der Waals surface area contributed by atoms with Gasteiger partial charge in [-0.3, -0.25) is 0 Å². The minimum atomic E-state index is -0.212. The van der Waals surface area contributed by atoms with Gasteiger partial charge in [-0.1, -0.05) is 24.6 Å². The van der Waals surface area contributed by atoms with E-state index < -0.39 is 0 Å². The Morgan fingerprint density at radius 3 is 2.75 bits per heavy atom. The highest BCUT2D eigenvalue weighted by Gasteiger charge is 2.19. The molecule has 0 amide bonds. The largest absolute Gasteiger partial charge is 0.306 e. The van der Waals surface area contributed by atoms with Crippen LogP contribution in [0.4, 0.5) is 4.39 Å². The van der Waals surface area contributed by atoms with Crippen LogP contribution in [-0.4, -0.2) is 6.54 Å². The first-order valence-corrected chi connectivity index (χ1v) is 8.45. The van der Waals surface area contributed by atoms with Gasteiger partial charge in [-0.05, 0) is 65.1 Å². The molecule has 1 aromatic heterocycles. The lowest BCUT2D eigenvalue weighted by atomic mass is 9.99. The molecule has 0 radical (unpaired) electrons. The van der Waals surface area contributed by atoms with Gasteiger partial charge in [0, 0.05) is 4.88 Å². The van der Waals surface area contributed by atoms with Crippen molar-refractivity contribution in [1.82, 2.24) is 5.32 Å². The maximum atomic E-state index is 13.6. The number of aryl methyl sites for hydroxylation is 1. The van der Waals surface area contributed by atoms with Gasteiger partial charge in [0.05, 0.1) is 14.9 Å². The van der Waals surface area contributed by atoms with Gasteiger partial charge < -0.3 is 5.32 Å². The standard InChI is InChI=1S/C15H16BrClFNS/c1-3-6-19-14(13-8-12(17)15(16)20-13)11-7-10(18)5-4-9(11)2/h4-5,7-8,14,19H,3,6H2,1-2H3. The Labute approximate surface area is 136 Å². The summed E-state index contributed by atoms with van der Waals surface area (Å²) in [5.41, 5.74) is 2.03. The molecule has 1 atom stereocenters. The number of hydrogen-bond acceptors (Lipinski definition) is 2. The molecule has 2 aromatic rings. The van der Waals surface area contributed by atoms with Gasteiger partial charge in [0.1, 0.15) is 5.82 Å². The SMILES string of the molecule is CCCNC(c1cc(Cl)c(Br)s1)c1cc(F)ccc1C. The summed E-state index contributed by atoms with van der Waals surface area (Å²) < 4.78 is 14.5. The van der Waals surface area contributed by atoms with Gasteiger partial charge in [0.25, 0.3) is 0 Å². The first-order chi connectivity index (χ1) is 9.52. The van der Waals surface area contributed by atoms with E-state index in [0.717, 1.165) is 32.8 Å². The molecule has 1 unspecified atom stereocenters. The highest BCUT2D eigenvalue weighted by molar-refractivity contribution is 9.11. The Balaban J connectivity index is 2.43. The third-order valence-electron chi connectivity index (χ3n) is 3.10. The maximum Gasteiger partial charge on any atom is 0.123 e.